The van der Waals surface area contributed by atoms with Crippen molar-refractivity contribution < 1.29 is 13.5 Å². The molecule has 0 saturated heterocycles. The van der Waals surface area contributed by atoms with Gasteiger partial charge in [0.1, 0.15) is 23.5 Å². The van der Waals surface area contributed by atoms with E-state index in [2.05, 4.69) is 17.4 Å². The molecule has 0 fully saturated rings. The minimum Gasteiger partial charge on any atom is -0.488 e. The van der Waals surface area contributed by atoms with Crippen LogP contribution in [-0.4, -0.2) is 13.2 Å². The number of aryl methyl sites for hydroxylation is 1. The normalized spacial score (nSPS) is 20.9. The summed E-state index contributed by atoms with van der Waals surface area (Å²) in [5.41, 5.74) is 2.48. The lowest BCUT2D eigenvalue weighted by Gasteiger charge is -2.33. The van der Waals surface area contributed by atoms with Crippen LogP contribution in [0.2, 0.25) is 0 Å². The number of hydrogen-bond acceptors (Lipinski definition) is 2. The molecule has 4 heteroatoms. The van der Waals surface area contributed by atoms with Gasteiger partial charge in [0, 0.05) is 18.2 Å². The van der Waals surface area contributed by atoms with E-state index in [1.54, 1.807) is 0 Å². The van der Waals surface area contributed by atoms with Crippen molar-refractivity contribution in [3.8, 4) is 5.75 Å². The third-order valence-corrected chi connectivity index (χ3v) is 3.89. The van der Waals surface area contributed by atoms with Gasteiger partial charge in [-0.15, -0.1) is 0 Å². The van der Waals surface area contributed by atoms with E-state index < -0.39 is 11.6 Å². The van der Waals surface area contributed by atoms with Gasteiger partial charge in [-0.05, 0) is 31.0 Å². The number of hydrogen-bond donors (Lipinski definition) is 1. The zero-order valence-electron chi connectivity index (χ0n) is 11.8. The van der Waals surface area contributed by atoms with Gasteiger partial charge in [-0.1, -0.05) is 24.3 Å². The predicted molar refractivity (Wildman–Crippen MR) is 77.3 cm³/mol. The Kier molecular flexibility index (Phi) is 3.88. The topological polar surface area (TPSA) is 21.3 Å². The molecule has 21 heavy (non-hydrogen) atoms. The first-order valence-corrected chi connectivity index (χ1v) is 7.05. The summed E-state index contributed by atoms with van der Waals surface area (Å²) in [6.07, 6.45) is 1.56. The molecule has 2 nitrogen and oxygen atoms in total. The van der Waals surface area contributed by atoms with E-state index in [9.17, 15) is 8.78 Å². The van der Waals surface area contributed by atoms with Crippen LogP contribution in [-0.2, 0) is 6.42 Å². The first-order valence-electron chi connectivity index (χ1n) is 7.05. The molecule has 0 spiro atoms. The van der Waals surface area contributed by atoms with Gasteiger partial charge in [-0.3, -0.25) is 0 Å². The van der Waals surface area contributed by atoms with Crippen LogP contribution >= 0.6 is 0 Å². The molecule has 0 aliphatic heterocycles. The van der Waals surface area contributed by atoms with Crippen LogP contribution < -0.4 is 10.1 Å². The van der Waals surface area contributed by atoms with E-state index in [1.807, 2.05) is 19.2 Å². The van der Waals surface area contributed by atoms with E-state index in [0.717, 1.165) is 18.9 Å². The van der Waals surface area contributed by atoms with Gasteiger partial charge in [0.05, 0.1) is 6.04 Å². The van der Waals surface area contributed by atoms with Crippen molar-refractivity contribution in [1.29, 1.82) is 0 Å². The van der Waals surface area contributed by atoms with Crippen LogP contribution in [0.4, 0.5) is 8.78 Å². The van der Waals surface area contributed by atoms with E-state index >= 15 is 0 Å². The van der Waals surface area contributed by atoms with E-state index in [4.69, 9.17) is 4.74 Å². The van der Waals surface area contributed by atoms with Gasteiger partial charge in [0.15, 0.2) is 0 Å². The van der Waals surface area contributed by atoms with Crippen molar-refractivity contribution in [3.63, 3.8) is 0 Å². The Morgan fingerprint density at radius 2 is 1.81 bits per heavy atom. The molecule has 1 N–H and O–H groups in total. The third-order valence-electron chi connectivity index (χ3n) is 3.89. The molecule has 1 aliphatic rings. The molecule has 0 bridgehead atoms. The average Bonchev–Trinajstić information content (AvgIpc) is 2.46. The Labute approximate surface area is 122 Å². The minimum absolute atomic E-state index is 0.0151. The second-order valence-corrected chi connectivity index (χ2v) is 5.27. The molecule has 2 atom stereocenters. The van der Waals surface area contributed by atoms with Crippen LogP contribution in [0.5, 0.6) is 5.75 Å². The standard InChI is InChI=1S/C17H17F2NO/c1-20-17-15-5-3-2-4-11(15)6-7-16(17)21-14-9-12(18)8-13(19)10-14/h2-5,8-10,16-17,20H,6-7H2,1H3. The monoisotopic (exact) mass is 289 g/mol. The molecule has 2 aromatic rings. The zero-order valence-corrected chi connectivity index (χ0v) is 11.8. The van der Waals surface area contributed by atoms with Crippen molar-refractivity contribution in [1.82, 2.24) is 5.32 Å². The number of rotatable bonds is 3. The van der Waals surface area contributed by atoms with Crippen LogP contribution in [0.3, 0.4) is 0 Å². The van der Waals surface area contributed by atoms with Crippen molar-refractivity contribution in [2.45, 2.75) is 25.0 Å². The summed E-state index contributed by atoms with van der Waals surface area (Å²) in [6, 6.07) is 11.5. The molecule has 0 heterocycles. The van der Waals surface area contributed by atoms with Crippen molar-refractivity contribution in [3.05, 3.63) is 65.2 Å². The molecular formula is C17H17F2NO. The fourth-order valence-electron chi connectivity index (χ4n) is 2.97. The molecule has 0 aromatic heterocycles. The maximum absolute atomic E-state index is 13.3. The van der Waals surface area contributed by atoms with Gasteiger partial charge in [0.2, 0.25) is 0 Å². The molecule has 0 amide bonds. The molecule has 1 aliphatic carbocycles. The summed E-state index contributed by atoms with van der Waals surface area (Å²) in [6.45, 7) is 0. The van der Waals surface area contributed by atoms with Gasteiger partial charge in [-0.2, -0.15) is 0 Å². The molecule has 110 valence electrons. The van der Waals surface area contributed by atoms with Crippen molar-refractivity contribution in [2.75, 3.05) is 7.05 Å². The molecule has 0 radical (unpaired) electrons. The lowest BCUT2D eigenvalue weighted by molar-refractivity contribution is 0.138. The number of fused-ring (bicyclic) bond motifs is 1. The predicted octanol–water partition coefficient (Wildman–Crippen LogP) is 3.62. The van der Waals surface area contributed by atoms with Crippen LogP contribution in [0.25, 0.3) is 0 Å². The summed E-state index contributed by atoms with van der Waals surface area (Å²) in [5.74, 6) is -1.01. The number of ether oxygens (including phenoxy) is 1. The highest BCUT2D eigenvalue weighted by Gasteiger charge is 2.29. The lowest BCUT2D eigenvalue weighted by Crippen LogP contribution is -2.37. The Hall–Kier alpha value is -1.94. The Bertz CT molecular complexity index is 624. The fourth-order valence-corrected chi connectivity index (χ4v) is 2.97. The quantitative estimate of drug-likeness (QED) is 0.932. The van der Waals surface area contributed by atoms with E-state index in [0.29, 0.717) is 0 Å². The van der Waals surface area contributed by atoms with Gasteiger partial charge >= 0.3 is 0 Å². The summed E-state index contributed by atoms with van der Waals surface area (Å²) >= 11 is 0. The summed E-state index contributed by atoms with van der Waals surface area (Å²) in [7, 11) is 1.87. The van der Waals surface area contributed by atoms with Crippen LogP contribution in [0, 0.1) is 11.6 Å². The molecular weight excluding hydrogens is 272 g/mol. The van der Waals surface area contributed by atoms with Crippen LogP contribution in [0.15, 0.2) is 42.5 Å². The maximum atomic E-state index is 13.3. The van der Waals surface area contributed by atoms with Crippen molar-refractivity contribution >= 4 is 0 Å². The second-order valence-electron chi connectivity index (χ2n) is 5.27. The zero-order chi connectivity index (χ0) is 14.8. The third kappa shape index (κ3) is 2.90. The Balaban J connectivity index is 1.86. The highest BCUT2D eigenvalue weighted by molar-refractivity contribution is 5.34. The number of nitrogens with one attached hydrogen (secondary N) is 1. The average molecular weight is 289 g/mol. The summed E-state index contributed by atoms with van der Waals surface area (Å²) < 4.78 is 32.4. The Morgan fingerprint density at radius 3 is 2.52 bits per heavy atom. The van der Waals surface area contributed by atoms with E-state index in [-0.39, 0.29) is 17.9 Å². The molecule has 3 rings (SSSR count). The lowest BCUT2D eigenvalue weighted by atomic mass is 9.85. The largest absolute Gasteiger partial charge is 0.488 e. The summed E-state index contributed by atoms with van der Waals surface area (Å²) in [4.78, 5) is 0. The maximum Gasteiger partial charge on any atom is 0.129 e. The minimum atomic E-state index is -0.623. The number of likely N-dealkylation sites (N-methyl/N-ethyl adjacent to an activating group) is 1. The van der Waals surface area contributed by atoms with Crippen LogP contribution in [0.1, 0.15) is 23.6 Å². The van der Waals surface area contributed by atoms with Gasteiger partial charge in [0.25, 0.3) is 0 Å². The van der Waals surface area contributed by atoms with Gasteiger partial charge < -0.3 is 10.1 Å². The van der Waals surface area contributed by atoms with E-state index in [1.165, 1.54) is 23.3 Å². The highest BCUT2D eigenvalue weighted by Crippen LogP contribution is 2.32. The summed E-state index contributed by atoms with van der Waals surface area (Å²) in [5, 5.41) is 3.25. The fraction of sp³-hybridized carbons (Fsp3) is 0.294. The SMILES string of the molecule is CNC1c2ccccc2CCC1Oc1cc(F)cc(F)c1. The first-order chi connectivity index (χ1) is 10.2. The number of benzene rings is 2. The highest BCUT2D eigenvalue weighted by atomic mass is 19.1. The number of halogens is 2. The molecule has 2 unspecified atom stereocenters. The smallest absolute Gasteiger partial charge is 0.129 e. The first kappa shape index (κ1) is 14.0. The molecule has 0 saturated carbocycles. The molecule has 2 aromatic carbocycles. The second kappa shape index (κ2) is 5.82. The van der Waals surface area contributed by atoms with Gasteiger partial charge in [-0.25, -0.2) is 8.78 Å². The van der Waals surface area contributed by atoms with Crippen molar-refractivity contribution in [2.24, 2.45) is 0 Å². The Morgan fingerprint density at radius 1 is 1.10 bits per heavy atom.